The summed E-state index contributed by atoms with van der Waals surface area (Å²) in [5, 5.41) is 6.67. The van der Waals surface area contributed by atoms with Gasteiger partial charge in [0.05, 0.1) is 23.8 Å². The number of benzene rings is 2. The second-order valence-electron chi connectivity index (χ2n) is 7.33. The summed E-state index contributed by atoms with van der Waals surface area (Å²) in [6.45, 7) is 4.87. The van der Waals surface area contributed by atoms with Crippen molar-refractivity contribution < 1.29 is 27.2 Å². The molecule has 3 aromatic rings. The third kappa shape index (κ3) is 4.70. The van der Waals surface area contributed by atoms with Crippen LogP contribution in [0.2, 0.25) is 0 Å². The number of sulfonamides is 1. The van der Waals surface area contributed by atoms with E-state index in [0.29, 0.717) is 48.3 Å². The highest BCUT2D eigenvalue weighted by Crippen LogP contribution is 2.32. The molecule has 2 aromatic carbocycles. The predicted octanol–water partition coefficient (Wildman–Crippen LogP) is 3.18. The fraction of sp³-hybridized carbons (Fsp3) is 0.273. The number of hydrogen-bond acceptors (Lipinski definition) is 7. The summed E-state index contributed by atoms with van der Waals surface area (Å²) in [4.78, 5) is 12.5. The van der Waals surface area contributed by atoms with E-state index in [0.717, 1.165) is 17.7 Å². The summed E-state index contributed by atoms with van der Waals surface area (Å²) in [5.74, 6) is 1.29. The molecule has 0 aliphatic carbocycles. The second kappa shape index (κ2) is 8.91. The number of anilines is 1. The molecule has 0 fully saturated rings. The zero-order valence-corrected chi connectivity index (χ0v) is 18.5. The molecular weight excluding hydrogens is 434 g/mol. The van der Waals surface area contributed by atoms with Crippen LogP contribution < -0.4 is 19.5 Å². The van der Waals surface area contributed by atoms with Gasteiger partial charge in [-0.15, -0.1) is 0 Å². The van der Waals surface area contributed by atoms with Crippen molar-refractivity contribution in [2.75, 3.05) is 17.9 Å². The van der Waals surface area contributed by atoms with Crippen LogP contribution >= 0.6 is 0 Å². The molecule has 0 bridgehead atoms. The molecule has 1 aromatic heterocycles. The highest BCUT2D eigenvalue weighted by atomic mass is 32.2. The smallest absolute Gasteiger partial charge is 0.262 e. The van der Waals surface area contributed by atoms with E-state index in [1.165, 1.54) is 24.3 Å². The van der Waals surface area contributed by atoms with E-state index in [9.17, 15) is 13.2 Å². The number of aryl methyl sites for hydroxylation is 2. The number of rotatable bonds is 6. The van der Waals surface area contributed by atoms with Gasteiger partial charge in [-0.3, -0.25) is 9.52 Å². The Morgan fingerprint density at radius 3 is 2.44 bits per heavy atom. The number of carbonyl (C=O) groups excluding carboxylic acids is 1. The summed E-state index contributed by atoms with van der Waals surface area (Å²) in [7, 11) is -3.84. The van der Waals surface area contributed by atoms with Crippen LogP contribution in [0, 0.1) is 13.8 Å². The monoisotopic (exact) mass is 457 g/mol. The van der Waals surface area contributed by atoms with Gasteiger partial charge in [0.15, 0.2) is 11.5 Å². The van der Waals surface area contributed by atoms with E-state index < -0.39 is 10.0 Å². The first-order chi connectivity index (χ1) is 15.3. The molecule has 2 N–H and O–H groups in total. The molecule has 0 unspecified atom stereocenters. The molecule has 9 nitrogen and oxygen atoms in total. The molecule has 0 atom stereocenters. The van der Waals surface area contributed by atoms with Crippen LogP contribution in [0.25, 0.3) is 0 Å². The fourth-order valence-corrected chi connectivity index (χ4v) is 4.31. The molecule has 10 heteroatoms. The van der Waals surface area contributed by atoms with Crippen LogP contribution in [-0.4, -0.2) is 32.7 Å². The quantitative estimate of drug-likeness (QED) is 0.583. The van der Waals surface area contributed by atoms with Crippen molar-refractivity contribution in [2.24, 2.45) is 0 Å². The number of hydrogen-bond donors (Lipinski definition) is 2. The van der Waals surface area contributed by atoms with E-state index >= 15 is 0 Å². The zero-order valence-electron chi connectivity index (χ0n) is 17.7. The Labute approximate surface area is 185 Å². The average molecular weight is 458 g/mol. The lowest BCUT2D eigenvalue weighted by Gasteiger charge is -2.12. The van der Waals surface area contributed by atoms with E-state index in [2.05, 4.69) is 15.2 Å². The van der Waals surface area contributed by atoms with Crippen molar-refractivity contribution in [3.63, 3.8) is 0 Å². The van der Waals surface area contributed by atoms with Gasteiger partial charge in [0, 0.05) is 35.8 Å². The third-order valence-corrected chi connectivity index (χ3v) is 6.41. The van der Waals surface area contributed by atoms with Gasteiger partial charge in [0.25, 0.3) is 15.9 Å². The summed E-state index contributed by atoms with van der Waals surface area (Å²) in [5.41, 5.74) is 2.29. The van der Waals surface area contributed by atoms with Crippen LogP contribution in [0.5, 0.6) is 11.5 Å². The average Bonchev–Trinajstić information content (AvgIpc) is 2.96. The number of carbonyl (C=O) groups is 1. The van der Waals surface area contributed by atoms with Gasteiger partial charge in [0.2, 0.25) is 0 Å². The SMILES string of the molecule is Cc1noc(C)c1CNC(=O)c1ccc(NS(=O)(=O)c2ccc3c(c2)OCCCO3)cc1. The van der Waals surface area contributed by atoms with E-state index in [-0.39, 0.29) is 10.8 Å². The zero-order chi connectivity index (χ0) is 22.7. The van der Waals surface area contributed by atoms with Crippen LogP contribution in [0.15, 0.2) is 51.9 Å². The van der Waals surface area contributed by atoms with Crippen molar-refractivity contribution in [2.45, 2.75) is 31.7 Å². The number of nitrogens with one attached hydrogen (secondary N) is 2. The highest BCUT2D eigenvalue weighted by Gasteiger charge is 2.19. The normalized spacial score (nSPS) is 13.3. The molecule has 1 aliphatic rings. The van der Waals surface area contributed by atoms with Crippen LogP contribution in [0.3, 0.4) is 0 Å². The maximum Gasteiger partial charge on any atom is 0.262 e. The molecule has 0 saturated heterocycles. The van der Waals surface area contributed by atoms with E-state index in [4.69, 9.17) is 14.0 Å². The van der Waals surface area contributed by atoms with Crippen molar-refractivity contribution in [3.8, 4) is 11.5 Å². The molecule has 1 aliphatic heterocycles. The molecule has 0 saturated carbocycles. The number of ether oxygens (including phenoxy) is 2. The molecule has 0 radical (unpaired) electrons. The first-order valence-electron chi connectivity index (χ1n) is 10.1. The van der Waals surface area contributed by atoms with Gasteiger partial charge in [-0.05, 0) is 50.2 Å². The number of amides is 1. The lowest BCUT2D eigenvalue weighted by atomic mass is 10.1. The molecule has 168 valence electrons. The Bertz CT molecular complexity index is 1220. The Balaban J connectivity index is 1.42. The number of nitrogens with zero attached hydrogens (tertiary/aromatic N) is 1. The first kappa shape index (κ1) is 21.7. The topological polar surface area (TPSA) is 120 Å². The number of fused-ring (bicyclic) bond motifs is 1. The van der Waals surface area contributed by atoms with E-state index in [1.54, 1.807) is 25.1 Å². The lowest BCUT2D eigenvalue weighted by molar-refractivity contribution is 0.0951. The van der Waals surface area contributed by atoms with Crippen molar-refractivity contribution in [1.29, 1.82) is 0 Å². The Kier molecular flexibility index (Phi) is 6.04. The Morgan fingerprint density at radius 1 is 1.03 bits per heavy atom. The van der Waals surface area contributed by atoms with Crippen molar-refractivity contribution >= 4 is 21.6 Å². The van der Waals surface area contributed by atoms with Crippen LogP contribution in [0.1, 0.15) is 33.8 Å². The van der Waals surface area contributed by atoms with Gasteiger partial charge < -0.3 is 19.3 Å². The van der Waals surface area contributed by atoms with Gasteiger partial charge in [-0.1, -0.05) is 5.16 Å². The van der Waals surface area contributed by atoms with Gasteiger partial charge in [-0.2, -0.15) is 0 Å². The van der Waals surface area contributed by atoms with Crippen molar-refractivity contribution in [3.05, 3.63) is 65.0 Å². The summed E-state index contributed by atoms with van der Waals surface area (Å²) in [6.07, 6.45) is 0.729. The minimum Gasteiger partial charge on any atom is -0.490 e. The van der Waals surface area contributed by atoms with Crippen molar-refractivity contribution in [1.82, 2.24) is 10.5 Å². The maximum atomic E-state index is 12.8. The summed E-state index contributed by atoms with van der Waals surface area (Å²) in [6, 6.07) is 10.7. The maximum absolute atomic E-state index is 12.8. The minimum absolute atomic E-state index is 0.0584. The van der Waals surface area contributed by atoms with E-state index in [1.807, 2.05) is 6.92 Å². The molecule has 32 heavy (non-hydrogen) atoms. The molecule has 4 rings (SSSR count). The van der Waals surface area contributed by atoms with Gasteiger partial charge >= 0.3 is 0 Å². The molecular formula is C22H23N3O6S. The molecule has 1 amide bonds. The van der Waals surface area contributed by atoms with Crippen LogP contribution in [-0.2, 0) is 16.6 Å². The Morgan fingerprint density at radius 2 is 1.75 bits per heavy atom. The first-order valence-corrected chi connectivity index (χ1v) is 11.5. The lowest BCUT2D eigenvalue weighted by Crippen LogP contribution is -2.23. The molecule has 0 spiro atoms. The largest absolute Gasteiger partial charge is 0.490 e. The second-order valence-corrected chi connectivity index (χ2v) is 9.01. The molecule has 2 heterocycles. The highest BCUT2D eigenvalue weighted by molar-refractivity contribution is 7.92. The Hall–Kier alpha value is -3.53. The third-order valence-electron chi connectivity index (χ3n) is 5.04. The van der Waals surface area contributed by atoms with Crippen LogP contribution in [0.4, 0.5) is 5.69 Å². The standard InChI is InChI=1S/C22H23N3O6S/c1-14-19(15(2)31-24-14)13-23-22(26)16-4-6-17(7-5-16)25-32(27,28)18-8-9-20-21(12-18)30-11-3-10-29-20/h4-9,12,25H,3,10-11,13H2,1-2H3,(H,23,26). The number of aromatic nitrogens is 1. The summed E-state index contributed by atoms with van der Waals surface area (Å²) >= 11 is 0. The van der Waals surface area contributed by atoms with Gasteiger partial charge in [-0.25, -0.2) is 8.42 Å². The minimum atomic E-state index is -3.84. The fourth-order valence-electron chi connectivity index (χ4n) is 3.24. The predicted molar refractivity (Wildman–Crippen MR) is 116 cm³/mol. The van der Waals surface area contributed by atoms with Gasteiger partial charge in [0.1, 0.15) is 5.76 Å². The summed E-state index contributed by atoms with van der Waals surface area (Å²) < 4.78 is 44.3.